The second-order valence-electron chi connectivity index (χ2n) is 6.76. The van der Waals surface area contributed by atoms with Crippen molar-refractivity contribution < 1.29 is 9.21 Å². The molecule has 2 aliphatic rings. The van der Waals surface area contributed by atoms with Crippen LogP contribution in [0.15, 0.2) is 10.6 Å². The van der Waals surface area contributed by atoms with Gasteiger partial charge in [-0.3, -0.25) is 9.89 Å². The third kappa shape index (κ3) is 2.66. The average Bonchev–Trinajstić information content (AvgIpc) is 3.21. The van der Waals surface area contributed by atoms with Crippen LogP contribution < -0.4 is 0 Å². The first-order valence-electron chi connectivity index (χ1n) is 8.40. The Balaban J connectivity index is 1.43. The van der Waals surface area contributed by atoms with Crippen LogP contribution in [-0.4, -0.2) is 39.1 Å². The van der Waals surface area contributed by atoms with Gasteiger partial charge in [0.1, 0.15) is 0 Å². The Kier molecular flexibility index (Phi) is 3.47. The lowest BCUT2D eigenvalue weighted by Crippen LogP contribution is -2.38. The van der Waals surface area contributed by atoms with Crippen LogP contribution in [0.3, 0.4) is 0 Å². The highest BCUT2D eigenvalue weighted by Gasteiger charge is 2.33. The van der Waals surface area contributed by atoms with E-state index in [-0.39, 0.29) is 5.91 Å². The number of hydrogen-bond donors (Lipinski definition) is 1. The number of aromatic amines is 1. The Morgan fingerprint density at radius 1 is 1.22 bits per heavy atom. The number of H-pyrrole nitrogens is 1. The van der Waals surface area contributed by atoms with Gasteiger partial charge < -0.3 is 9.32 Å². The Labute approximate surface area is 135 Å². The number of carbonyl (C=O) groups excluding carboxylic acids is 1. The molecule has 2 aromatic rings. The van der Waals surface area contributed by atoms with E-state index in [0.717, 1.165) is 56.1 Å². The molecule has 3 heterocycles. The number of nitrogens with one attached hydrogen (secondary N) is 1. The molecule has 23 heavy (non-hydrogen) atoms. The molecule has 6 nitrogen and oxygen atoms in total. The van der Waals surface area contributed by atoms with E-state index in [1.54, 1.807) is 0 Å². The molecular formula is C17H22N4O2. The summed E-state index contributed by atoms with van der Waals surface area (Å²) in [6, 6.07) is 0. The number of oxazole rings is 1. The first kappa shape index (κ1) is 14.5. The molecule has 0 atom stereocenters. The van der Waals surface area contributed by atoms with E-state index in [0.29, 0.717) is 17.6 Å². The van der Waals surface area contributed by atoms with Crippen LogP contribution in [0.5, 0.6) is 0 Å². The first-order chi connectivity index (χ1) is 11.1. The highest BCUT2D eigenvalue weighted by Crippen LogP contribution is 2.40. The number of hydrogen-bond acceptors (Lipinski definition) is 4. The Bertz CT molecular complexity index is 721. The van der Waals surface area contributed by atoms with Crippen LogP contribution >= 0.6 is 0 Å². The minimum atomic E-state index is -0.00994. The minimum Gasteiger partial charge on any atom is -0.435 e. The summed E-state index contributed by atoms with van der Waals surface area (Å²) >= 11 is 0. The summed E-state index contributed by atoms with van der Waals surface area (Å²) in [6.07, 6.45) is 6.11. The maximum atomic E-state index is 12.7. The van der Waals surface area contributed by atoms with Crippen molar-refractivity contribution in [3.63, 3.8) is 0 Å². The Hall–Kier alpha value is -2.11. The second kappa shape index (κ2) is 5.51. The average molecular weight is 314 g/mol. The van der Waals surface area contributed by atoms with Crippen LogP contribution in [-0.2, 0) is 0 Å². The fourth-order valence-corrected chi connectivity index (χ4v) is 3.43. The Morgan fingerprint density at radius 2 is 1.96 bits per heavy atom. The standard InChI is InChI=1S/C17H22N4O2/c1-10-14(9-18-20-10)12-5-7-21(8-6-12)17(22)15-11(2)19-16(23-15)13-3-4-13/h9,12-13H,3-8H2,1-2H3,(H,18,20). The summed E-state index contributed by atoms with van der Waals surface area (Å²) in [6.45, 7) is 5.43. The van der Waals surface area contributed by atoms with E-state index in [2.05, 4.69) is 22.1 Å². The zero-order chi connectivity index (χ0) is 16.0. The van der Waals surface area contributed by atoms with Gasteiger partial charge in [0.2, 0.25) is 5.76 Å². The highest BCUT2D eigenvalue weighted by atomic mass is 16.4. The van der Waals surface area contributed by atoms with Gasteiger partial charge >= 0.3 is 0 Å². The van der Waals surface area contributed by atoms with Crippen molar-refractivity contribution >= 4 is 5.91 Å². The highest BCUT2D eigenvalue weighted by molar-refractivity contribution is 5.92. The van der Waals surface area contributed by atoms with E-state index >= 15 is 0 Å². The molecule has 1 N–H and O–H groups in total. The molecule has 1 aliphatic heterocycles. The molecule has 1 saturated heterocycles. The van der Waals surface area contributed by atoms with Crippen LogP contribution in [0, 0.1) is 13.8 Å². The topological polar surface area (TPSA) is 75.0 Å². The number of aryl methyl sites for hydroxylation is 2. The van der Waals surface area contributed by atoms with Gasteiger partial charge in [0.25, 0.3) is 5.91 Å². The number of piperidine rings is 1. The summed E-state index contributed by atoms with van der Waals surface area (Å²) in [7, 11) is 0. The summed E-state index contributed by atoms with van der Waals surface area (Å²) in [4.78, 5) is 19.0. The van der Waals surface area contributed by atoms with Gasteiger partial charge in [-0.2, -0.15) is 5.10 Å². The van der Waals surface area contributed by atoms with Gasteiger partial charge in [0.15, 0.2) is 5.89 Å². The Morgan fingerprint density at radius 3 is 2.57 bits per heavy atom. The van der Waals surface area contributed by atoms with Gasteiger partial charge in [-0.05, 0) is 51.0 Å². The maximum absolute atomic E-state index is 12.7. The lowest BCUT2D eigenvalue weighted by Gasteiger charge is -2.31. The molecule has 1 aliphatic carbocycles. The van der Waals surface area contributed by atoms with Crippen LogP contribution in [0.2, 0.25) is 0 Å². The van der Waals surface area contributed by atoms with Crippen molar-refractivity contribution in [1.82, 2.24) is 20.1 Å². The molecule has 1 saturated carbocycles. The van der Waals surface area contributed by atoms with E-state index in [4.69, 9.17) is 4.42 Å². The molecule has 0 aromatic carbocycles. The number of likely N-dealkylation sites (tertiary alicyclic amines) is 1. The van der Waals surface area contributed by atoms with E-state index < -0.39 is 0 Å². The summed E-state index contributed by atoms with van der Waals surface area (Å²) in [5, 5.41) is 7.11. The molecule has 0 bridgehead atoms. The minimum absolute atomic E-state index is 0.00994. The van der Waals surface area contributed by atoms with Crippen molar-refractivity contribution in [2.75, 3.05) is 13.1 Å². The molecule has 1 amide bonds. The third-order valence-electron chi connectivity index (χ3n) is 5.02. The number of carbonyl (C=O) groups is 1. The lowest BCUT2D eigenvalue weighted by atomic mass is 9.90. The molecule has 122 valence electrons. The number of amides is 1. The van der Waals surface area contributed by atoms with Gasteiger partial charge in [-0.15, -0.1) is 0 Å². The van der Waals surface area contributed by atoms with Gasteiger partial charge in [0.05, 0.1) is 11.9 Å². The zero-order valence-electron chi connectivity index (χ0n) is 13.6. The predicted octanol–water partition coefficient (Wildman–Crippen LogP) is 2.91. The van der Waals surface area contributed by atoms with Gasteiger partial charge in [-0.25, -0.2) is 4.98 Å². The number of aromatic nitrogens is 3. The molecule has 4 rings (SSSR count). The second-order valence-corrected chi connectivity index (χ2v) is 6.76. The van der Waals surface area contributed by atoms with E-state index in [9.17, 15) is 4.79 Å². The van der Waals surface area contributed by atoms with Gasteiger partial charge in [-0.1, -0.05) is 0 Å². The fraction of sp³-hybridized carbons (Fsp3) is 0.588. The first-order valence-corrected chi connectivity index (χ1v) is 8.40. The van der Waals surface area contributed by atoms with Crippen LogP contribution in [0.1, 0.15) is 70.9 Å². The van der Waals surface area contributed by atoms with Crippen molar-refractivity contribution in [2.24, 2.45) is 0 Å². The van der Waals surface area contributed by atoms with E-state index in [1.807, 2.05) is 18.0 Å². The largest absolute Gasteiger partial charge is 0.435 e. The monoisotopic (exact) mass is 314 g/mol. The molecule has 6 heteroatoms. The summed E-state index contributed by atoms with van der Waals surface area (Å²) < 4.78 is 5.75. The van der Waals surface area contributed by atoms with Gasteiger partial charge in [0, 0.05) is 24.7 Å². The van der Waals surface area contributed by atoms with Crippen molar-refractivity contribution in [2.45, 2.75) is 51.4 Å². The quantitative estimate of drug-likeness (QED) is 0.945. The summed E-state index contributed by atoms with van der Waals surface area (Å²) in [5.41, 5.74) is 3.14. The van der Waals surface area contributed by atoms with Crippen LogP contribution in [0.25, 0.3) is 0 Å². The zero-order valence-corrected chi connectivity index (χ0v) is 13.6. The summed E-state index contributed by atoms with van der Waals surface area (Å²) in [5.74, 6) is 2.09. The fourth-order valence-electron chi connectivity index (χ4n) is 3.43. The third-order valence-corrected chi connectivity index (χ3v) is 5.02. The molecular weight excluding hydrogens is 292 g/mol. The van der Waals surface area contributed by atoms with Crippen molar-refractivity contribution in [3.05, 3.63) is 34.8 Å². The molecule has 2 fully saturated rings. The van der Waals surface area contributed by atoms with Crippen LogP contribution in [0.4, 0.5) is 0 Å². The number of nitrogens with zero attached hydrogens (tertiary/aromatic N) is 3. The molecule has 0 unspecified atom stereocenters. The SMILES string of the molecule is Cc1nc(C2CC2)oc1C(=O)N1CCC(c2cn[nH]c2C)CC1. The maximum Gasteiger partial charge on any atom is 0.291 e. The van der Waals surface area contributed by atoms with Crippen molar-refractivity contribution in [3.8, 4) is 0 Å². The molecule has 0 spiro atoms. The normalized spacial score (nSPS) is 19.3. The van der Waals surface area contributed by atoms with E-state index in [1.165, 1.54) is 5.56 Å². The predicted molar refractivity (Wildman–Crippen MR) is 84.4 cm³/mol. The smallest absolute Gasteiger partial charge is 0.291 e. The van der Waals surface area contributed by atoms with Crippen molar-refractivity contribution in [1.29, 1.82) is 0 Å². The molecule has 0 radical (unpaired) electrons. The molecule has 2 aromatic heterocycles. The lowest BCUT2D eigenvalue weighted by molar-refractivity contribution is 0.0678. The number of rotatable bonds is 3.